The Bertz CT molecular complexity index is 501. The summed E-state index contributed by atoms with van der Waals surface area (Å²) >= 11 is 0. The average molecular weight is 284 g/mol. The zero-order chi connectivity index (χ0) is 14.7. The van der Waals surface area contributed by atoms with Gasteiger partial charge in [-0.2, -0.15) is 0 Å². The number of nitrogens with two attached hydrogens (primary N) is 1. The standard InChI is InChI=1S/C14H24N2O2S/c1-14(2,3)12-7-5-11(6-8-12)13(16-15)9-10-19(4,17)18/h5-8,13,16H,9-10,15H2,1-4H3. The summed E-state index contributed by atoms with van der Waals surface area (Å²) in [6.07, 6.45) is 1.72. The number of sulfone groups is 1. The van der Waals surface area contributed by atoms with Crippen molar-refractivity contribution < 1.29 is 8.42 Å². The fourth-order valence-corrected chi connectivity index (χ4v) is 2.56. The van der Waals surface area contributed by atoms with E-state index in [2.05, 4.69) is 38.3 Å². The minimum Gasteiger partial charge on any atom is -0.271 e. The van der Waals surface area contributed by atoms with Crippen LogP contribution >= 0.6 is 0 Å². The van der Waals surface area contributed by atoms with Crippen molar-refractivity contribution in [1.29, 1.82) is 0 Å². The Morgan fingerprint density at radius 3 is 2.11 bits per heavy atom. The summed E-state index contributed by atoms with van der Waals surface area (Å²) in [4.78, 5) is 0. The molecule has 0 aliphatic carbocycles. The van der Waals surface area contributed by atoms with Crippen molar-refractivity contribution in [2.75, 3.05) is 12.0 Å². The molecule has 0 fully saturated rings. The van der Waals surface area contributed by atoms with E-state index in [9.17, 15) is 8.42 Å². The number of rotatable bonds is 5. The summed E-state index contributed by atoms with van der Waals surface area (Å²) in [5.74, 6) is 5.64. The molecule has 0 saturated carbocycles. The minimum absolute atomic E-state index is 0.108. The van der Waals surface area contributed by atoms with Crippen LogP contribution in [0.5, 0.6) is 0 Å². The fourth-order valence-electron chi connectivity index (χ4n) is 1.89. The smallest absolute Gasteiger partial charge is 0.147 e. The Balaban J connectivity index is 2.83. The lowest BCUT2D eigenvalue weighted by Gasteiger charge is -2.21. The highest BCUT2D eigenvalue weighted by Gasteiger charge is 2.16. The van der Waals surface area contributed by atoms with Gasteiger partial charge in [0, 0.05) is 12.3 Å². The highest BCUT2D eigenvalue weighted by atomic mass is 32.2. The number of nitrogens with one attached hydrogen (secondary N) is 1. The predicted molar refractivity (Wildman–Crippen MR) is 79.5 cm³/mol. The van der Waals surface area contributed by atoms with Crippen molar-refractivity contribution >= 4 is 9.84 Å². The molecular formula is C14H24N2O2S. The number of benzene rings is 1. The van der Waals surface area contributed by atoms with E-state index >= 15 is 0 Å². The highest BCUT2D eigenvalue weighted by Crippen LogP contribution is 2.24. The van der Waals surface area contributed by atoms with Crippen molar-refractivity contribution in [3.63, 3.8) is 0 Å². The lowest BCUT2D eigenvalue weighted by atomic mass is 9.86. The Kier molecular flexibility index (Phi) is 5.12. The highest BCUT2D eigenvalue weighted by molar-refractivity contribution is 7.90. The van der Waals surface area contributed by atoms with E-state index in [1.54, 1.807) is 0 Å². The van der Waals surface area contributed by atoms with Gasteiger partial charge in [-0.3, -0.25) is 11.3 Å². The van der Waals surface area contributed by atoms with E-state index in [0.717, 1.165) is 5.56 Å². The Labute approximate surface area is 116 Å². The zero-order valence-corrected chi connectivity index (χ0v) is 12.9. The maximum absolute atomic E-state index is 11.2. The summed E-state index contributed by atoms with van der Waals surface area (Å²) in [5.41, 5.74) is 5.05. The van der Waals surface area contributed by atoms with Gasteiger partial charge in [-0.15, -0.1) is 0 Å². The monoisotopic (exact) mass is 284 g/mol. The van der Waals surface area contributed by atoms with Crippen LogP contribution in [0.3, 0.4) is 0 Å². The Morgan fingerprint density at radius 1 is 1.21 bits per heavy atom. The molecule has 1 aromatic rings. The van der Waals surface area contributed by atoms with Gasteiger partial charge in [0.15, 0.2) is 0 Å². The molecule has 1 unspecified atom stereocenters. The third-order valence-electron chi connectivity index (χ3n) is 3.16. The van der Waals surface area contributed by atoms with Crippen LogP contribution in [0, 0.1) is 0 Å². The molecule has 0 bridgehead atoms. The summed E-state index contributed by atoms with van der Waals surface area (Å²) in [5, 5.41) is 0. The van der Waals surface area contributed by atoms with Gasteiger partial charge in [0.2, 0.25) is 0 Å². The van der Waals surface area contributed by atoms with Gasteiger partial charge in [-0.25, -0.2) is 8.42 Å². The van der Waals surface area contributed by atoms with Gasteiger partial charge in [-0.05, 0) is 23.0 Å². The molecule has 0 heterocycles. The first kappa shape index (κ1) is 16.1. The summed E-state index contributed by atoms with van der Waals surface area (Å²) in [6, 6.07) is 8.02. The lowest BCUT2D eigenvalue weighted by molar-refractivity contribution is 0.530. The predicted octanol–water partition coefficient (Wildman–Crippen LogP) is 1.92. The second-order valence-corrected chi connectivity index (χ2v) is 8.27. The van der Waals surface area contributed by atoms with E-state index < -0.39 is 9.84 Å². The number of hydrogen-bond donors (Lipinski definition) is 2. The first-order chi connectivity index (χ1) is 8.63. The molecule has 19 heavy (non-hydrogen) atoms. The van der Waals surface area contributed by atoms with Crippen LogP contribution in [-0.4, -0.2) is 20.4 Å². The molecule has 0 spiro atoms. The van der Waals surface area contributed by atoms with E-state index in [-0.39, 0.29) is 17.2 Å². The van der Waals surface area contributed by atoms with Gasteiger partial charge in [0.1, 0.15) is 9.84 Å². The largest absolute Gasteiger partial charge is 0.271 e. The van der Waals surface area contributed by atoms with E-state index in [1.807, 2.05) is 12.1 Å². The molecular weight excluding hydrogens is 260 g/mol. The summed E-state index contributed by atoms with van der Waals surface area (Å²) < 4.78 is 22.4. The van der Waals surface area contributed by atoms with E-state index in [0.29, 0.717) is 6.42 Å². The van der Waals surface area contributed by atoms with Crippen LogP contribution in [0.25, 0.3) is 0 Å². The second kappa shape index (κ2) is 6.03. The normalized spacial score (nSPS) is 14.4. The molecule has 0 aliphatic rings. The summed E-state index contributed by atoms with van der Waals surface area (Å²) in [7, 11) is -2.96. The maximum Gasteiger partial charge on any atom is 0.147 e. The molecule has 4 nitrogen and oxygen atoms in total. The molecule has 0 aliphatic heterocycles. The quantitative estimate of drug-likeness (QED) is 0.640. The summed E-state index contributed by atoms with van der Waals surface area (Å²) in [6.45, 7) is 6.47. The van der Waals surface area contributed by atoms with Crippen molar-refractivity contribution in [3.8, 4) is 0 Å². The maximum atomic E-state index is 11.2. The van der Waals surface area contributed by atoms with Crippen molar-refractivity contribution in [2.45, 2.75) is 38.6 Å². The molecule has 1 rings (SSSR count). The van der Waals surface area contributed by atoms with Gasteiger partial charge in [0.05, 0.1) is 5.75 Å². The number of hydrogen-bond acceptors (Lipinski definition) is 4. The first-order valence-corrected chi connectivity index (χ1v) is 8.44. The molecule has 0 amide bonds. The van der Waals surface area contributed by atoms with E-state index in [4.69, 9.17) is 5.84 Å². The first-order valence-electron chi connectivity index (χ1n) is 6.38. The molecule has 0 saturated heterocycles. The van der Waals surface area contributed by atoms with Crippen molar-refractivity contribution in [2.24, 2.45) is 5.84 Å². The zero-order valence-electron chi connectivity index (χ0n) is 12.1. The third-order valence-corrected chi connectivity index (χ3v) is 4.13. The van der Waals surface area contributed by atoms with Crippen LogP contribution in [-0.2, 0) is 15.3 Å². The molecule has 0 aromatic heterocycles. The SMILES string of the molecule is CC(C)(C)c1ccc(C(CCS(C)(=O)=O)NN)cc1. The molecule has 0 radical (unpaired) electrons. The molecule has 108 valence electrons. The minimum atomic E-state index is -2.96. The van der Waals surface area contributed by atoms with Crippen LogP contribution < -0.4 is 11.3 Å². The second-order valence-electron chi connectivity index (χ2n) is 6.01. The van der Waals surface area contributed by atoms with Gasteiger partial charge in [0.25, 0.3) is 0 Å². The van der Waals surface area contributed by atoms with Crippen LogP contribution in [0.1, 0.15) is 44.4 Å². The third kappa shape index (κ3) is 5.30. The van der Waals surface area contributed by atoms with Crippen molar-refractivity contribution in [3.05, 3.63) is 35.4 Å². The number of hydrazine groups is 1. The van der Waals surface area contributed by atoms with Gasteiger partial charge >= 0.3 is 0 Å². The average Bonchev–Trinajstić information content (AvgIpc) is 2.28. The van der Waals surface area contributed by atoms with Gasteiger partial charge in [-0.1, -0.05) is 45.0 Å². The van der Waals surface area contributed by atoms with Crippen LogP contribution in [0.2, 0.25) is 0 Å². The van der Waals surface area contributed by atoms with E-state index in [1.165, 1.54) is 11.8 Å². The molecule has 5 heteroatoms. The lowest BCUT2D eigenvalue weighted by Crippen LogP contribution is -2.29. The molecule has 1 aromatic carbocycles. The Morgan fingerprint density at radius 2 is 1.74 bits per heavy atom. The Hall–Kier alpha value is -0.910. The van der Waals surface area contributed by atoms with Crippen molar-refractivity contribution in [1.82, 2.24) is 5.43 Å². The fraction of sp³-hybridized carbons (Fsp3) is 0.571. The van der Waals surface area contributed by atoms with Crippen LogP contribution in [0.15, 0.2) is 24.3 Å². The topological polar surface area (TPSA) is 72.2 Å². The van der Waals surface area contributed by atoms with Gasteiger partial charge < -0.3 is 0 Å². The molecule has 3 N–H and O–H groups in total. The molecule has 1 atom stereocenters. The van der Waals surface area contributed by atoms with Crippen LogP contribution in [0.4, 0.5) is 0 Å².